The maximum Gasteiger partial charge on any atom is 0.325 e. The second kappa shape index (κ2) is 8.95. The van der Waals surface area contributed by atoms with E-state index in [1.807, 2.05) is 6.92 Å². The number of rotatable bonds is 8. The molecule has 1 saturated heterocycles. The molecule has 9 nitrogen and oxygen atoms in total. The zero-order chi connectivity index (χ0) is 22.6. The molecular formula is C22H25N3O6. The highest BCUT2D eigenvalue weighted by atomic mass is 16.5. The van der Waals surface area contributed by atoms with Gasteiger partial charge in [0.2, 0.25) is 5.91 Å². The number of amides is 4. The Bertz CT molecular complexity index is 991. The highest BCUT2D eigenvalue weighted by molar-refractivity contribution is 6.10. The highest BCUT2D eigenvalue weighted by Gasteiger charge is 2.49. The predicted octanol–water partition coefficient (Wildman–Crippen LogP) is 2.51. The maximum absolute atomic E-state index is 13.0. The van der Waals surface area contributed by atoms with E-state index < -0.39 is 29.9 Å². The van der Waals surface area contributed by atoms with Crippen LogP contribution in [0.15, 0.2) is 42.5 Å². The Morgan fingerprint density at radius 2 is 1.74 bits per heavy atom. The summed E-state index contributed by atoms with van der Waals surface area (Å²) in [7, 11) is 2.98. The van der Waals surface area contributed by atoms with Crippen LogP contribution in [-0.2, 0) is 15.1 Å². The lowest BCUT2D eigenvalue weighted by Crippen LogP contribution is -2.42. The molecule has 0 bridgehead atoms. The largest absolute Gasteiger partial charge is 0.497 e. The van der Waals surface area contributed by atoms with E-state index in [0.29, 0.717) is 35.1 Å². The van der Waals surface area contributed by atoms with Crippen molar-refractivity contribution in [2.75, 3.05) is 32.7 Å². The van der Waals surface area contributed by atoms with E-state index >= 15 is 0 Å². The molecule has 2 aromatic carbocycles. The van der Waals surface area contributed by atoms with Gasteiger partial charge in [0, 0.05) is 6.07 Å². The van der Waals surface area contributed by atoms with E-state index in [-0.39, 0.29) is 0 Å². The third-order valence-corrected chi connectivity index (χ3v) is 5.00. The Kier molecular flexibility index (Phi) is 6.33. The van der Waals surface area contributed by atoms with E-state index in [4.69, 9.17) is 14.2 Å². The Labute approximate surface area is 180 Å². The summed E-state index contributed by atoms with van der Waals surface area (Å²) in [4.78, 5) is 39.0. The number of nitrogens with one attached hydrogen (secondary N) is 2. The van der Waals surface area contributed by atoms with Gasteiger partial charge >= 0.3 is 6.03 Å². The van der Waals surface area contributed by atoms with Gasteiger partial charge in [-0.25, -0.2) is 4.79 Å². The molecular weight excluding hydrogens is 402 g/mol. The van der Waals surface area contributed by atoms with Gasteiger partial charge in [0.15, 0.2) is 0 Å². The summed E-state index contributed by atoms with van der Waals surface area (Å²) in [5.41, 5.74) is -0.288. The van der Waals surface area contributed by atoms with Gasteiger partial charge < -0.3 is 24.8 Å². The molecule has 0 saturated carbocycles. The summed E-state index contributed by atoms with van der Waals surface area (Å²) in [6.45, 7) is 3.56. The third kappa shape index (κ3) is 4.40. The van der Waals surface area contributed by atoms with Crippen LogP contribution in [0.25, 0.3) is 0 Å². The number of hydrogen-bond donors (Lipinski definition) is 2. The normalized spacial score (nSPS) is 17.9. The minimum absolute atomic E-state index is 0.393. The average Bonchev–Trinajstić information content (AvgIpc) is 2.98. The van der Waals surface area contributed by atoms with Gasteiger partial charge in [-0.3, -0.25) is 14.5 Å². The molecule has 0 radical (unpaired) electrons. The van der Waals surface area contributed by atoms with Crippen LogP contribution in [0.3, 0.4) is 0 Å². The maximum atomic E-state index is 13.0. The van der Waals surface area contributed by atoms with Gasteiger partial charge in [-0.2, -0.15) is 0 Å². The molecule has 4 amide bonds. The summed E-state index contributed by atoms with van der Waals surface area (Å²) in [5.74, 6) is 0.567. The molecule has 3 rings (SSSR count). The van der Waals surface area contributed by atoms with E-state index in [9.17, 15) is 14.4 Å². The van der Waals surface area contributed by atoms with Crippen LogP contribution >= 0.6 is 0 Å². The van der Waals surface area contributed by atoms with Gasteiger partial charge in [-0.15, -0.1) is 0 Å². The number of methoxy groups -OCH3 is 2. The summed E-state index contributed by atoms with van der Waals surface area (Å²) in [5, 5.41) is 5.34. The van der Waals surface area contributed by atoms with Crippen molar-refractivity contribution in [3.63, 3.8) is 0 Å². The molecule has 0 aliphatic carbocycles. The van der Waals surface area contributed by atoms with E-state index in [2.05, 4.69) is 10.6 Å². The summed E-state index contributed by atoms with van der Waals surface area (Å²) < 4.78 is 15.8. The van der Waals surface area contributed by atoms with Crippen molar-refractivity contribution in [1.29, 1.82) is 0 Å². The van der Waals surface area contributed by atoms with Crippen LogP contribution in [0.4, 0.5) is 10.5 Å². The van der Waals surface area contributed by atoms with Crippen LogP contribution in [0, 0.1) is 0 Å². The molecule has 1 heterocycles. The van der Waals surface area contributed by atoms with Gasteiger partial charge in [-0.1, -0.05) is 12.1 Å². The van der Waals surface area contributed by atoms with Crippen molar-refractivity contribution in [3.8, 4) is 17.2 Å². The van der Waals surface area contributed by atoms with Crippen molar-refractivity contribution >= 4 is 23.5 Å². The lowest BCUT2D eigenvalue weighted by Gasteiger charge is -2.22. The minimum atomic E-state index is -1.28. The van der Waals surface area contributed by atoms with Gasteiger partial charge in [0.25, 0.3) is 5.91 Å². The number of urea groups is 1. The van der Waals surface area contributed by atoms with E-state index in [0.717, 1.165) is 4.90 Å². The fourth-order valence-corrected chi connectivity index (χ4v) is 3.32. The first-order valence-corrected chi connectivity index (χ1v) is 9.71. The molecule has 0 unspecified atom stereocenters. The Morgan fingerprint density at radius 3 is 2.35 bits per heavy atom. The SMILES string of the molecule is CCOc1ccc([C@]2(C)NC(=O)N(CC(=O)Nc3ccc(OC)cc3OC)C2=O)cc1. The van der Waals surface area contributed by atoms with Gasteiger partial charge in [-0.05, 0) is 43.7 Å². The monoisotopic (exact) mass is 427 g/mol. The molecule has 31 heavy (non-hydrogen) atoms. The molecule has 2 aromatic rings. The number of imide groups is 1. The zero-order valence-electron chi connectivity index (χ0n) is 17.9. The number of benzene rings is 2. The van der Waals surface area contributed by atoms with Crippen molar-refractivity contribution in [3.05, 3.63) is 48.0 Å². The van der Waals surface area contributed by atoms with Crippen molar-refractivity contribution in [2.45, 2.75) is 19.4 Å². The summed E-state index contributed by atoms with van der Waals surface area (Å²) in [6.07, 6.45) is 0. The standard InChI is InChI=1S/C22H25N3O6/c1-5-31-15-8-6-14(7-9-15)22(2)20(27)25(21(28)24-22)13-19(26)23-17-11-10-16(29-3)12-18(17)30-4/h6-12H,5,13H2,1-4H3,(H,23,26)(H,24,28)/t22-/m0/s1. The molecule has 9 heteroatoms. The molecule has 0 spiro atoms. The number of nitrogens with zero attached hydrogens (tertiary/aromatic N) is 1. The topological polar surface area (TPSA) is 106 Å². The molecule has 1 aliphatic heterocycles. The Balaban J connectivity index is 1.73. The minimum Gasteiger partial charge on any atom is -0.497 e. The van der Waals surface area contributed by atoms with Gasteiger partial charge in [0.05, 0.1) is 26.5 Å². The van der Waals surface area contributed by atoms with Crippen LogP contribution in [-0.4, -0.2) is 50.1 Å². The second-order valence-electron chi connectivity index (χ2n) is 7.02. The molecule has 1 fully saturated rings. The third-order valence-electron chi connectivity index (χ3n) is 5.00. The number of anilines is 1. The number of hydrogen-bond acceptors (Lipinski definition) is 6. The molecule has 0 aromatic heterocycles. The zero-order valence-corrected chi connectivity index (χ0v) is 17.9. The average molecular weight is 427 g/mol. The number of carbonyl (C=O) groups excluding carboxylic acids is 3. The smallest absolute Gasteiger partial charge is 0.325 e. The summed E-state index contributed by atoms with van der Waals surface area (Å²) >= 11 is 0. The summed E-state index contributed by atoms with van der Waals surface area (Å²) in [6, 6.07) is 11.2. The van der Waals surface area contributed by atoms with Crippen molar-refractivity contribution < 1.29 is 28.6 Å². The molecule has 2 N–H and O–H groups in total. The van der Waals surface area contributed by atoms with Crippen LogP contribution in [0.2, 0.25) is 0 Å². The van der Waals surface area contributed by atoms with Crippen LogP contribution in [0.5, 0.6) is 17.2 Å². The highest BCUT2D eigenvalue weighted by Crippen LogP contribution is 2.31. The lowest BCUT2D eigenvalue weighted by molar-refractivity contribution is -0.133. The van der Waals surface area contributed by atoms with Gasteiger partial charge in [0.1, 0.15) is 29.3 Å². The first kappa shape index (κ1) is 21.9. The number of ether oxygens (including phenoxy) is 3. The first-order chi connectivity index (χ1) is 14.8. The molecule has 1 atom stereocenters. The van der Waals surface area contributed by atoms with Crippen LogP contribution in [0.1, 0.15) is 19.4 Å². The second-order valence-corrected chi connectivity index (χ2v) is 7.02. The van der Waals surface area contributed by atoms with E-state index in [1.54, 1.807) is 49.4 Å². The fourth-order valence-electron chi connectivity index (χ4n) is 3.32. The predicted molar refractivity (Wildman–Crippen MR) is 113 cm³/mol. The lowest BCUT2D eigenvalue weighted by atomic mass is 9.92. The fraction of sp³-hybridized carbons (Fsp3) is 0.318. The quantitative estimate of drug-likeness (QED) is 0.627. The number of carbonyl (C=O) groups is 3. The Morgan fingerprint density at radius 1 is 1.06 bits per heavy atom. The van der Waals surface area contributed by atoms with E-state index in [1.165, 1.54) is 14.2 Å². The molecule has 1 aliphatic rings. The van der Waals surface area contributed by atoms with Crippen LogP contribution < -0.4 is 24.8 Å². The van der Waals surface area contributed by atoms with Crippen molar-refractivity contribution in [2.24, 2.45) is 0 Å². The Hall–Kier alpha value is -3.75. The van der Waals surface area contributed by atoms with Crippen molar-refractivity contribution in [1.82, 2.24) is 10.2 Å². The molecule has 164 valence electrons. The first-order valence-electron chi connectivity index (χ1n) is 9.71.